The molecule has 1 aliphatic rings. The van der Waals surface area contributed by atoms with Crippen molar-refractivity contribution in [1.29, 1.82) is 0 Å². The molecule has 2 amide bonds. The molecule has 5 nitrogen and oxygen atoms in total. The highest BCUT2D eigenvalue weighted by atomic mass is 35.5. The summed E-state index contributed by atoms with van der Waals surface area (Å²) in [5.74, 6) is 0.318. The number of likely N-dealkylation sites (N-methyl/N-ethyl adjacent to an activating group) is 1. The number of rotatable bonds is 4. The van der Waals surface area contributed by atoms with Crippen LogP contribution < -0.4 is 11.1 Å². The predicted molar refractivity (Wildman–Crippen MR) is 68.9 cm³/mol. The van der Waals surface area contributed by atoms with Crippen molar-refractivity contribution in [2.24, 2.45) is 11.7 Å². The number of hydrogen-bond acceptors (Lipinski definition) is 3. The smallest absolute Gasteiger partial charge is 0.237 e. The minimum atomic E-state index is -0.471. The van der Waals surface area contributed by atoms with Crippen molar-refractivity contribution in [3.05, 3.63) is 0 Å². The normalized spacial score (nSPS) is 21.4. The van der Waals surface area contributed by atoms with Crippen LogP contribution in [0.15, 0.2) is 0 Å². The number of hydrogen-bond donors (Lipinski definition) is 2. The molecule has 0 saturated carbocycles. The molecule has 0 aromatic heterocycles. The monoisotopic (exact) mass is 263 g/mol. The Balaban J connectivity index is 0.00000256. The predicted octanol–water partition coefficient (Wildman–Crippen LogP) is 0.128. The molecule has 6 heteroatoms. The molecule has 100 valence electrons. The molecule has 1 saturated heterocycles. The number of carbonyl (C=O) groups excluding carboxylic acids is 2. The Morgan fingerprint density at radius 2 is 2.18 bits per heavy atom. The van der Waals surface area contributed by atoms with Gasteiger partial charge in [-0.25, -0.2) is 0 Å². The van der Waals surface area contributed by atoms with E-state index in [1.165, 1.54) is 0 Å². The maximum atomic E-state index is 11.7. The van der Waals surface area contributed by atoms with Crippen molar-refractivity contribution in [1.82, 2.24) is 10.2 Å². The van der Waals surface area contributed by atoms with Gasteiger partial charge in [0, 0.05) is 20.0 Å². The number of carbonyl (C=O) groups is 2. The summed E-state index contributed by atoms with van der Waals surface area (Å²) in [7, 11) is 1.74. The average Bonchev–Trinajstić information content (AvgIpc) is 2.44. The standard InChI is InChI=1S/C11H21N3O2.ClH/c1-7(2)4-9(12)11(16)13-8-5-10(15)14(3)6-8;/h7-9H,4-6,12H2,1-3H3,(H,13,16);1H/t8?,9-;/m0./s1. The second-order valence-corrected chi connectivity index (χ2v) is 4.92. The summed E-state index contributed by atoms with van der Waals surface area (Å²) in [4.78, 5) is 24.6. The van der Waals surface area contributed by atoms with E-state index in [0.29, 0.717) is 25.3 Å². The molecule has 3 N–H and O–H groups in total. The van der Waals surface area contributed by atoms with Crippen LogP contribution >= 0.6 is 12.4 Å². The highest BCUT2D eigenvalue weighted by molar-refractivity contribution is 5.85. The number of nitrogens with two attached hydrogens (primary N) is 1. The van der Waals surface area contributed by atoms with Gasteiger partial charge in [-0.15, -0.1) is 12.4 Å². The molecular formula is C11H22ClN3O2. The molecule has 0 aromatic carbocycles. The van der Waals surface area contributed by atoms with Crippen LogP contribution in [0.5, 0.6) is 0 Å². The lowest BCUT2D eigenvalue weighted by molar-refractivity contribution is -0.126. The third-order valence-electron chi connectivity index (χ3n) is 2.75. The third-order valence-corrected chi connectivity index (χ3v) is 2.75. The molecule has 0 spiro atoms. The highest BCUT2D eigenvalue weighted by Gasteiger charge is 2.29. The largest absolute Gasteiger partial charge is 0.350 e. The molecule has 1 fully saturated rings. The minimum Gasteiger partial charge on any atom is -0.350 e. The van der Waals surface area contributed by atoms with Gasteiger partial charge in [0.25, 0.3) is 0 Å². The van der Waals surface area contributed by atoms with Gasteiger partial charge in [-0.3, -0.25) is 9.59 Å². The van der Waals surface area contributed by atoms with Crippen molar-refractivity contribution in [2.45, 2.75) is 38.8 Å². The van der Waals surface area contributed by atoms with Crippen molar-refractivity contribution < 1.29 is 9.59 Å². The molecule has 0 aromatic rings. The zero-order chi connectivity index (χ0) is 12.3. The Morgan fingerprint density at radius 1 is 1.59 bits per heavy atom. The summed E-state index contributed by atoms with van der Waals surface area (Å²) in [6, 6.07) is -0.552. The Bertz CT molecular complexity index is 284. The molecule has 17 heavy (non-hydrogen) atoms. The fourth-order valence-electron chi connectivity index (χ4n) is 1.88. The fraction of sp³-hybridized carbons (Fsp3) is 0.818. The van der Waals surface area contributed by atoms with Crippen molar-refractivity contribution in [3.63, 3.8) is 0 Å². The molecule has 1 rings (SSSR count). The highest BCUT2D eigenvalue weighted by Crippen LogP contribution is 2.09. The lowest BCUT2D eigenvalue weighted by atomic mass is 10.0. The molecule has 0 bridgehead atoms. The number of halogens is 1. The number of likely N-dealkylation sites (tertiary alicyclic amines) is 1. The summed E-state index contributed by atoms with van der Waals surface area (Å²) in [5.41, 5.74) is 5.75. The van der Waals surface area contributed by atoms with E-state index in [4.69, 9.17) is 5.73 Å². The van der Waals surface area contributed by atoms with Crippen molar-refractivity contribution >= 4 is 24.2 Å². The maximum Gasteiger partial charge on any atom is 0.237 e. The van der Waals surface area contributed by atoms with Crippen LogP contribution in [0.1, 0.15) is 26.7 Å². The van der Waals surface area contributed by atoms with Gasteiger partial charge in [0.2, 0.25) is 11.8 Å². The van der Waals surface area contributed by atoms with E-state index in [1.807, 2.05) is 13.8 Å². The second kappa shape index (κ2) is 6.81. The van der Waals surface area contributed by atoms with E-state index in [0.717, 1.165) is 0 Å². The van der Waals surface area contributed by atoms with Gasteiger partial charge < -0.3 is 16.0 Å². The minimum absolute atomic E-state index is 0. The van der Waals surface area contributed by atoms with Crippen LogP contribution in [-0.2, 0) is 9.59 Å². The van der Waals surface area contributed by atoms with Gasteiger partial charge in [-0.05, 0) is 12.3 Å². The quantitative estimate of drug-likeness (QED) is 0.757. The van der Waals surface area contributed by atoms with Crippen LogP contribution in [0.4, 0.5) is 0 Å². The summed E-state index contributed by atoms with van der Waals surface area (Å²) >= 11 is 0. The first-order chi connectivity index (χ1) is 7.40. The van der Waals surface area contributed by atoms with Crippen LogP contribution in [0.25, 0.3) is 0 Å². The van der Waals surface area contributed by atoms with Gasteiger partial charge in [0.15, 0.2) is 0 Å². The van der Waals surface area contributed by atoms with Crippen LogP contribution in [0, 0.1) is 5.92 Å². The van der Waals surface area contributed by atoms with Gasteiger partial charge in [-0.2, -0.15) is 0 Å². The zero-order valence-electron chi connectivity index (χ0n) is 10.6. The van der Waals surface area contributed by atoms with Crippen LogP contribution in [-0.4, -0.2) is 42.4 Å². The molecular weight excluding hydrogens is 242 g/mol. The summed E-state index contributed by atoms with van der Waals surface area (Å²) < 4.78 is 0. The lowest BCUT2D eigenvalue weighted by Crippen LogP contribution is -2.46. The topological polar surface area (TPSA) is 75.4 Å². The van der Waals surface area contributed by atoms with Crippen molar-refractivity contribution in [2.75, 3.05) is 13.6 Å². The Kier molecular flexibility index (Phi) is 6.49. The summed E-state index contributed by atoms with van der Waals surface area (Å²) in [6.45, 7) is 4.64. The first-order valence-corrected chi connectivity index (χ1v) is 5.70. The van der Waals surface area contributed by atoms with Crippen LogP contribution in [0.2, 0.25) is 0 Å². The molecule has 1 unspecified atom stereocenters. The van der Waals surface area contributed by atoms with E-state index in [1.54, 1.807) is 11.9 Å². The molecule has 1 heterocycles. The van der Waals surface area contributed by atoms with Gasteiger partial charge in [-0.1, -0.05) is 13.8 Å². The van der Waals surface area contributed by atoms with E-state index < -0.39 is 6.04 Å². The molecule has 0 radical (unpaired) electrons. The van der Waals surface area contributed by atoms with Gasteiger partial charge >= 0.3 is 0 Å². The summed E-state index contributed by atoms with van der Waals surface area (Å²) in [6.07, 6.45) is 1.05. The number of nitrogens with zero attached hydrogens (tertiary/aromatic N) is 1. The number of nitrogens with one attached hydrogen (secondary N) is 1. The lowest BCUT2D eigenvalue weighted by Gasteiger charge is -2.17. The Morgan fingerprint density at radius 3 is 2.59 bits per heavy atom. The Labute approximate surface area is 109 Å². The van der Waals surface area contributed by atoms with Crippen molar-refractivity contribution in [3.8, 4) is 0 Å². The first-order valence-electron chi connectivity index (χ1n) is 5.70. The molecule has 0 aliphatic carbocycles. The first kappa shape index (κ1) is 16.2. The number of amides is 2. The van der Waals surface area contributed by atoms with E-state index in [2.05, 4.69) is 5.32 Å². The molecule has 1 aliphatic heterocycles. The zero-order valence-corrected chi connectivity index (χ0v) is 11.4. The second-order valence-electron chi connectivity index (χ2n) is 4.92. The van der Waals surface area contributed by atoms with Gasteiger partial charge in [0.1, 0.15) is 0 Å². The summed E-state index contributed by atoms with van der Waals surface area (Å²) in [5, 5.41) is 2.82. The van der Waals surface area contributed by atoms with E-state index in [9.17, 15) is 9.59 Å². The third kappa shape index (κ3) is 4.91. The Hall–Kier alpha value is -0.810. The SMILES string of the molecule is CC(C)C[C@H](N)C(=O)NC1CC(=O)N(C)C1.Cl. The molecule has 2 atom stereocenters. The van der Waals surface area contributed by atoms with Crippen LogP contribution in [0.3, 0.4) is 0 Å². The van der Waals surface area contributed by atoms with Gasteiger partial charge in [0.05, 0.1) is 12.1 Å². The van der Waals surface area contributed by atoms with E-state index in [-0.39, 0.29) is 30.3 Å². The fourth-order valence-corrected chi connectivity index (χ4v) is 1.88. The van der Waals surface area contributed by atoms with E-state index >= 15 is 0 Å². The average molecular weight is 264 g/mol. The maximum absolute atomic E-state index is 11.7.